The van der Waals surface area contributed by atoms with Crippen LogP contribution < -0.4 is 0 Å². The van der Waals surface area contributed by atoms with Gasteiger partial charge >= 0.3 is 0 Å². The highest BCUT2D eigenvalue weighted by molar-refractivity contribution is 9.10. The van der Waals surface area contributed by atoms with E-state index in [4.69, 9.17) is 4.74 Å². The summed E-state index contributed by atoms with van der Waals surface area (Å²) >= 11 is 3.21. The molecule has 1 N–H and O–H groups in total. The SMILES string of the molecule is CCOC(C)(CC)C(O)Cc1ccc(Br)cc1F. The number of aliphatic hydroxyl groups excluding tert-OH is 1. The lowest BCUT2D eigenvalue weighted by Gasteiger charge is -2.33. The van der Waals surface area contributed by atoms with E-state index in [-0.39, 0.29) is 12.2 Å². The third-order valence-electron chi connectivity index (χ3n) is 3.31. The van der Waals surface area contributed by atoms with E-state index < -0.39 is 11.7 Å². The molecule has 0 saturated carbocycles. The van der Waals surface area contributed by atoms with E-state index in [1.54, 1.807) is 12.1 Å². The van der Waals surface area contributed by atoms with Crippen molar-refractivity contribution in [2.24, 2.45) is 0 Å². The van der Waals surface area contributed by atoms with Gasteiger partial charge in [0.2, 0.25) is 0 Å². The largest absolute Gasteiger partial charge is 0.390 e. The van der Waals surface area contributed by atoms with Crippen molar-refractivity contribution in [1.82, 2.24) is 0 Å². The molecule has 1 aromatic rings. The summed E-state index contributed by atoms with van der Waals surface area (Å²) in [5.74, 6) is -0.307. The maximum absolute atomic E-state index is 13.7. The van der Waals surface area contributed by atoms with E-state index in [0.29, 0.717) is 23.1 Å². The van der Waals surface area contributed by atoms with Gasteiger partial charge in [-0.1, -0.05) is 28.9 Å². The fourth-order valence-electron chi connectivity index (χ4n) is 1.88. The molecular formula is C14H20BrFO2. The molecule has 0 bridgehead atoms. The van der Waals surface area contributed by atoms with Crippen LogP contribution in [0.25, 0.3) is 0 Å². The normalized spacial score (nSPS) is 16.3. The number of hydrogen-bond acceptors (Lipinski definition) is 2. The lowest BCUT2D eigenvalue weighted by molar-refractivity contribution is -0.110. The van der Waals surface area contributed by atoms with Crippen LogP contribution >= 0.6 is 15.9 Å². The predicted molar refractivity (Wildman–Crippen MR) is 74.1 cm³/mol. The van der Waals surface area contributed by atoms with Crippen LogP contribution in [0.3, 0.4) is 0 Å². The lowest BCUT2D eigenvalue weighted by Crippen LogP contribution is -2.43. The van der Waals surface area contributed by atoms with Gasteiger partial charge in [0.15, 0.2) is 0 Å². The topological polar surface area (TPSA) is 29.5 Å². The Kier molecular flexibility index (Phi) is 5.76. The van der Waals surface area contributed by atoms with Crippen molar-refractivity contribution in [2.75, 3.05) is 6.61 Å². The van der Waals surface area contributed by atoms with E-state index in [1.165, 1.54) is 6.07 Å². The van der Waals surface area contributed by atoms with Gasteiger partial charge in [0.1, 0.15) is 5.82 Å². The molecule has 0 aliphatic rings. The number of hydrogen-bond donors (Lipinski definition) is 1. The van der Waals surface area contributed by atoms with Gasteiger partial charge in [-0.05, 0) is 38.0 Å². The van der Waals surface area contributed by atoms with Gasteiger partial charge in [-0.3, -0.25) is 0 Å². The Morgan fingerprint density at radius 3 is 2.61 bits per heavy atom. The van der Waals surface area contributed by atoms with E-state index in [1.807, 2.05) is 20.8 Å². The summed E-state index contributed by atoms with van der Waals surface area (Å²) in [7, 11) is 0. The van der Waals surface area contributed by atoms with Gasteiger partial charge < -0.3 is 9.84 Å². The fraction of sp³-hybridized carbons (Fsp3) is 0.571. The van der Waals surface area contributed by atoms with E-state index in [9.17, 15) is 9.50 Å². The molecule has 0 aliphatic carbocycles. The van der Waals surface area contributed by atoms with E-state index in [0.717, 1.165) is 0 Å². The van der Waals surface area contributed by atoms with Crippen LogP contribution in [0.4, 0.5) is 4.39 Å². The Balaban J connectivity index is 2.82. The molecular weight excluding hydrogens is 299 g/mol. The van der Waals surface area contributed by atoms with Crippen molar-refractivity contribution in [1.29, 1.82) is 0 Å². The summed E-state index contributed by atoms with van der Waals surface area (Å²) in [6.45, 7) is 6.24. The lowest BCUT2D eigenvalue weighted by atomic mass is 9.90. The van der Waals surface area contributed by atoms with E-state index >= 15 is 0 Å². The second kappa shape index (κ2) is 6.64. The van der Waals surface area contributed by atoms with Gasteiger partial charge in [-0.25, -0.2) is 4.39 Å². The molecule has 102 valence electrons. The maximum Gasteiger partial charge on any atom is 0.127 e. The van der Waals surface area contributed by atoms with Crippen LogP contribution in [0.5, 0.6) is 0 Å². The number of ether oxygens (including phenoxy) is 1. The Morgan fingerprint density at radius 2 is 2.11 bits per heavy atom. The summed E-state index contributed by atoms with van der Waals surface area (Å²) in [5, 5.41) is 10.2. The molecule has 0 saturated heterocycles. The van der Waals surface area contributed by atoms with Crippen molar-refractivity contribution < 1.29 is 14.2 Å². The monoisotopic (exact) mass is 318 g/mol. The standard InChI is InChI=1S/C14H20BrFO2/c1-4-14(3,18-5-2)13(17)8-10-6-7-11(15)9-12(10)16/h6-7,9,13,17H,4-5,8H2,1-3H3. The molecule has 0 fully saturated rings. The molecule has 18 heavy (non-hydrogen) atoms. The van der Waals surface area contributed by atoms with Crippen LogP contribution in [0.15, 0.2) is 22.7 Å². The van der Waals surface area contributed by atoms with Gasteiger partial charge in [0.25, 0.3) is 0 Å². The fourth-order valence-corrected chi connectivity index (χ4v) is 2.21. The minimum atomic E-state index is -0.724. The van der Waals surface area contributed by atoms with Crippen LogP contribution in [0.2, 0.25) is 0 Å². The molecule has 2 unspecified atom stereocenters. The Hall–Kier alpha value is -0.450. The molecule has 0 aromatic heterocycles. The summed E-state index contributed by atoms with van der Waals surface area (Å²) < 4.78 is 20.0. The van der Waals surface area contributed by atoms with Gasteiger partial charge in [0, 0.05) is 17.5 Å². The van der Waals surface area contributed by atoms with Gasteiger partial charge in [0.05, 0.1) is 11.7 Å². The van der Waals surface area contributed by atoms with Crippen molar-refractivity contribution in [2.45, 2.75) is 45.3 Å². The van der Waals surface area contributed by atoms with Crippen LogP contribution in [-0.4, -0.2) is 23.4 Å². The van der Waals surface area contributed by atoms with E-state index in [2.05, 4.69) is 15.9 Å². The molecule has 2 nitrogen and oxygen atoms in total. The molecule has 1 aromatic carbocycles. The molecule has 0 radical (unpaired) electrons. The highest BCUT2D eigenvalue weighted by atomic mass is 79.9. The summed E-state index contributed by atoms with van der Waals surface area (Å²) in [5.41, 5.74) is -0.126. The molecule has 4 heteroatoms. The van der Waals surface area contributed by atoms with Crippen molar-refractivity contribution in [3.63, 3.8) is 0 Å². The third kappa shape index (κ3) is 3.77. The zero-order chi connectivity index (χ0) is 13.8. The first-order valence-corrected chi connectivity index (χ1v) is 6.98. The zero-order valence-corrected chi connectivity index (χ0v) is 12.6. The average molecular weight is 319 g/mol. The first-order chi connectivity index (χ1) is 8.42. The van der Waals surface area contributed by atoms with Crippen LogP contribution in [-0.2, 0) is 11.2 Å². The summed E-state index contributed by atoms with van der Waals surface area (Å²) in [4.78, 5) is 0. The Bertz CT molecular complexity index is 397. The maximum atomic E-state index is 13.7. The van der Waals surface area contributed by atoms with Crippen LogP contribution in [0, 0.1) is 5.82 Å². The number of aliphatic hydroxyl groups is 1. The zero-order valence-electron chi connectivity index (χ0n) is 11.0. The predicted octanol–water partition coefficient (Wildman–Crippen LogP) is 3.70. The minimum Gasteiger partial charge on any atom is -0.390 e. The Morgan fingerprint density at radius 1 is 1.44 bits per heavy atom. The van der Waals surface area contributed by atoms with Crippen molar-refractivity contribution in [3.05, 3.63) is 34.1 Å². The third-order valence-corrected chi connectivity index (χ3v) is 3.80. The second-order valence-corrected chi connectivity index (χ2v) is 5.47. The number of halogens is 2. The molecule has 0 spiro atoms. The summed E-state index contributed by atoms with van der Waals surface area (Å²) in [6.07, 6.45) is 0.210. The Labute approximate surface area is 116 Å². The number of rotatable bonds is 6. The minimum absolute atomic E-state index is 0.253. The first kappa shape index (κ1) is 15.6. The molecule has 2 atom stereocenters. The highest BCUT2D eigenvalue weighted by Crippen LogP contribution is 2.25. The smallest absolute Gasteiger partial charge is 0.127 e. The summed E-state index contributed by atoms with van der Waals surface area (Å²) in [6, 6.07) is 4.87. The second-order valence-electron chi connectivity index (χ2n) is 4.55. The molecule has 1 rings (SSSR count). The first-order valence-electron chi connectivity index (χ1n) is 6.19. The number of benzene rings is 1. The molecule has 0 heterocycles. The van der Waals surface area contributed by atoms with Gasteiger partial charge in [-0.15, -0.1) is 0 Å². The highest BCUT2D eigenvalue weighted by Gasteiger charge is 2.32. The van der Waals surface area contributed by atoms with Gasteiger partial charge in [-0.2, -0.15) is 0 Å². The average Bonchev–Trinajstić information content (AvgIpc) is 2.32. The quantitative estimate of drug-likeness (QED) is 0.866. The van der Waals surface area contributed by atoms with Crippen LogP contribution in [0.1, 0.15) is 32.8 Å². The van der Waals surface area contributed by atoms with Crippen molar-refractivity contribution in [3.8, 4) is 0 Å². The van der Waals surface area contributed by atoms with Crippen molar-refractivity contribution >= 4 is 15.9 Å². The molecule has 0 amide bonds. The molecule has 0 aliphatic heterocycles.